The summed E-state index contributed by atoms with van der Waals surface area (Å²) in [6.07, 6.45) is 0. The van der Waals surface area contributed by atoms with Gasteiger partial charge in [0.15, 0.2) is 0 Å². The molecule has 0 heterocycles. The number of rotatable bonds is 1. The monoisotopic (exact) mass is 226 g/mol. The number of hydrogen-bond donors (Lipinski definition) is 2. The van der Waals surface area contributed by atoms with E-state index in [9.17, 15) is 14.7 Å². The van der Waals surface area contributed by atoms with Crippen LogP contribution in [-0.4, -0.2) is 27.6 Å². The fourth-order valence-electron chi connectivity index (χ4n) is 1.68. The van der Waals surface area contributed by atoms with Crippen molar-refractivity contribution in [3.8, 4) is 0 Å². The fraction of sp³-hybridized carbons (Fsp3) is 0.200. The topological polar surface area (TPSA) is 74.6 Å². The number of Topliss-reactive ketones (excluding diaryl/α,β-unsaturated/α-hetero) is 1. The lowest BCUT2D eigenvalue weighted by Crippen LogP contribution is -2.45. The summed E-state index contributed by atoms with van der Waals surface area (Å²) in [5.41, 5.74) is -2.01. The van der Waals surface area contributed by atoms with Crippen molar-refractivity contribution in [2.24, 2.45) is 0 Å². The summed E-state index contributed by atoms with van der Waals surface area (Å²) < 4.78 is 0. The van der Waals surface area contributed by atoms with Crippen molar-refractivity contribution in [1.29, 1.82) is 0 Å². The lowest BCUT2D eigenvalue weighted by atomic mass is 9.99. The summed E-state index contributed by atoms with van der Waals surface area (Å²) in [6, 6.07) is 6.21. The highest BCUT2D eigenvalue weighted by Crippen LogP contribution is 2.43. The molecule has 1 aliphatic rings. The van der Waals surface area contributed by atoms with Gasteiger partial charge in [-0.1, -0.05) is 24.3 Å². The Labute approximate surface area is 90.1 Å². The SMILES string of the molecule is O=C(O)C1(O)C(=O)c2ccccc2C1Cl. The molecule has 0 fully saturated rings. The largest absolute Gasteiger partial charge is 0.479 e. The van der Waals surface area contributed by atoms with Gasteiger partial charge in [-0.2, -0.15) is 0 Å². The third kappa shape index (κ3) is 1.12. The summed E-state index contributed by atoms with van der Waals surface area (Å²) >= 11 is 5.79. The Morgan fingerprint density at radius 1 is 1.40 bits per heavy atom. The van der Waals surface area contributed by atoms with E-state index in [4.69, 9.17) is 16.7 Å². The first-order chi connectivity index (χ1) is 6.99. The second-order valence-electron chi connectivity index (χ2n) is 3.35. The minimum atomic E-state index is -2.54. The number of ketones is 1. The van der Waals surface area contributed by atoms with Crippen LogP contribution in [0.5, 0.6) is 0 Å². The van der Waals surface area contributed by atoms with Crippen LogP contribution in [0.25, 0.3) is 0 Å². The number of fused-ring (bicyclic) bond motifs is 1. The molecular weight excluding hydrogens is 220 g/mol. The second kappa shape index (κ2) is 3.05. The van der Waals surface area contributed by atoms with Crippen molar-refractivity contribution in [2.75, 3.05) is 0 Å². The summed E-state index contributed by atoms with van der Waals surface area (Å²) in [4.78, 5) is 22.5. The maximum Gasteiger partial charge on any atom is 0.345 e. The molecule has 0 saturated carbocycles. The van der Waals surface area contributed by atoms with E-state index >= 15 is 0 Å². The first-order valence-electron chi connectivity index (χ1n) is 4.23. The molecule has 0 bridgehead atoms. The number of hydrogen-bond acceptors (Lipinski definition) is 3. The molecule has 0 spiro atoms. The molecule has 5 heteroatoms. The van der Waals surface area contributed by atoms with Crippen LogP contribution in [0.15, 0.2) is 24.3 Å². The number of alkyl halides is 1. The van der Waals surface area contributed by atoms with Gasteiger partial charge in [-0.25, -0.2) is 4.79 Å². The molecule has 2 rings (SSSR count). The number of carboxylic acids is 1. The molecule has 2 N–H and O–H groups in total. The van der Waals surface area contributed by atoms with Gasteiger partial charge in [-0.05, 0) is 5.56 Å². The standard InChI is InChI=1S/C10H7ClO4/c11-7-5-3-1-2-4-6(5)8(12)10(7,15)9(13)14/h1-4,7,15H,(H,13,14). The Kier molecular flexibility index (Phi) is 2.06. The predicted molar refractivity (Wildman–Crippen MR) is 52.0 cm³/mol. The summed E-state index contributed by atoms with van der Waals surface area (Å²) in [5, 5.41) is 17.3. The van der Waals surface area contributed by atoms with Gasteiger partial charge >= 0.3 is 5.97 Å². The van der Waals surface area contributed by atoms with E-state index in [-0.39, 0.29) is 5.56 Å². The Balaban J connectivity index is 2.64. The molecule has 1 aromatic carbocycles. The molecule has 0 radical (unpaired) electrons. The first kappa shape index (κ1) is 10.1. The Hall–Kier alpha value is -1.39. The first-order valence-corrected chi connectivity index (χ1v) is 4.66. The number of aliphatic carboxylic acids is 1. The number of carboxylic acid groups (broad SMARTS) is 1. The van der Waals surface area contributed by atoms with Crippen LogP contribution in [0.4, 0.5) is 0 Å². The number of aliphatic hydroxyl groups is 1. The van der Waals surface area contributed by atoms with Crippen LogP contribution in [0.1, 0.15) is 21.3 Å². The van der Waals surface area contributed by atoms with Crippen molar-refractivity contribution in [1.82, 2.24) is 0 Å². The van der Waals surface area contributed by atoms with E-state index < -0.39 is 22.7 Å². The maximum atomic E-state index is 11.7. The van der Waals surface area contributed by atoms with E-state index in [2.05, 4.69) is 0 Å². The van der Waals surface area contributed by atoms with Crippen molar-refractivity contribution in [2.45, 2.75) is 11.0 Å². The van der Waals surface area contributed by atoms with Crippen LogP contribution < -0.4 is 0 Å². The summed E-state index contributed by atoms with van der Waals surface area (Å²) in [6.45, 7) is 0. The highest BCUT2D eigenvalue weighted by molar-refractivity contribution is 6.33. The van der Waals surface area contributed by atoms with Gasteiger partial charge in [0.25, 0.3) is 0 Å². The molecule has 0 saturated heterocycles. The average molecular weight is 227 g/mol. The highest BCUT2D eigenvalue weighted by atomic mass is 35.5. The van der Waals surface area contributed by atoms with Gasteiger partial charge in [0.2, 0.25) is 11.4 Å². The van der Waals surface area contributed by atoms with Crippen LogP contribution in [0.2, 0.25) is 0 Å². The minimum absolute atomic E-state index is 0.169. The van der Waals surface area contributed by atoms with Crippen molar-refractivity contribution >= 4 is 23.4 Å². The maximum absolute atomic E-state index is 11.7. The zero-order chi connectivity index (χ0) is 11.2. The van der Waals surface area contributed by atoms with Gasteiger partial charge in [0, 0.05) is 5.56 Å². The Bertz CT molecular complexity index is 456. The third-order valence-electron chi connectivity index (χ3n) is 2.52. The van der Waals surface area contributed by atoms with Crippen molar-refractivity contribution in [3.05, 3.63) is 35.4 Å². The van der Waals surface area contributed by atoms with Gasteiger partial charge < -0.3 is 10.2 Å². The second-order valence-corrected chi connectivity index (χ2v) is 3.79. The van der Waals surface area contributed by atoms with E-state index in [0.29, 0.717) is 5.56 Å². The van der Waals surface area contributed by atoms with Crippen LogP contribution in [0, 0.1) is 0 Å². The molecule has 0 aliphatic heterocycles. The van der Waals surface area contributed by atoms with Crippen LogP contribution in [0.3, 0.4) is 0 Å². The van der Waals surface area contributed by atoms with Crippen molar-refractivity contribution < 1.29 is 19.8 Å². The highest BCUT2D eigenvalue weighted by Gasteiger charge is 2.57. The molecule has 1 aromatic rings. The molecule has 4 nitrogen and oxygen atoms in total. The molecule has 2 atom stereocenters. The van der Waals surface area contributed by atoms with Gasteiger partial charge in [0.1, 0.15) is 5.38 Å². The Morgan fingerprint density at radius 2 is 2.00 bits per heavy atom. The average Bonchev–Trinajstić information content (AvgIpc) is 2.43. The minimum Gasteiger partial charge on any atom is -0.479 e. The van der Waals surface area contributed by atoms with Gasteiger partial charge in [0.05, 0.1) is 0 Å². The smallest absolute Gasteiger partial charge is 0.345 e. The van der Waals surface area contributed by atoms with Crippen LogP contribution >= 0.6 is 11.6 Å². The molecule has 15 heavy (non-hydrogen) atoms. The van der Waals surface area contributed by atoms with E-state index in [1.165, 1.54) is 12.1 Å². The number of carbonyl (C=O) groups is 2. The third-order valence-corrected chi connectivity index (χ3v) is 3.07. The molecular formula is C10H7ClO4. The van der Waals surface area contributed by atoms with E-state index in [0.717, 1.165) is 0 Å². The fourth-order valence-corrected chi connectivity index (χ4v) is 2.06. The zero-order valence-electron chi connectivity index (χ0n) is 7.48. The lowest BCUT2D eigenvalue weighted by Gasteiger charge is -2.18. The Morgan fingerprint density at radius 3 is 2.53 bits per heavy atom. The zero-order valence-corrected chi connectivity index (χ0v) is 8.23. The van der Waals surface area contributed by atoms with Crippen LogP contribution in [-0.2, 0) is 4.79 Å². The van der Waals surface area contributed by atoms with Crippen molar-refractivity contribution in [3.63, 3.8) is 0 Å². The number of halogens is 1. The normalized spacial score (nSPS) is 28.9. The molecule has 0 aromatic heterocycles. The van der Waals surface area contributed by atoms with Gasteiger partial charge in [-0.3, -0.25) is 4.79 Å². The number of carbonyl (C=O) groups excluding carboxylic acids is 1. The lowest BCUT2D eigenvalue weighted by molar-refractivity contribution is -0.153. The quantitative estimate of drug-likeness (QED) is 0.553. The molecule has 0 amide bonds. The summed E-state index contributed by atoms with van der Waals surface area (Å²) in [5.74, 6) is -2.48. The van der Waals surface area contributed by atoms with Gasteiger partial charge in [-0.15, -0.1) is 11.6 Å². The molecule has 1 aliphatic carbocycles. The van der Waals surface area contributed by atoms with E-state index in [1.807, 2.05) is 0 Å². The molecule has 78 valence electrons. The molecule has 2 unspecified atom stereocenters. The van der Waals surface area contributed by atoms with E-state index in [1.54, 1.807) is 12.1 Å². The summed E-state index contributed by atoms with van der Waals surface area (Å²) in [7, 11) is 0. The predicted octanol–water partition coefficient (Wildman–Crippen LogP) is 0.979. The number of benzene rings is 1.